The molecule has 0 saturated heterocycles. The fraction of sp³-hybridized carbons (Fsp3) is 0.609. The number of benzene rings is 1. The molecule has 1 aromatic carbocycles. The third-order valence-corrected chi connectivity index (χ3v) is 6.70. The Morgan fingerprint density at radius 2 is 2.03 bits per heavy atom. The van der Waals surface area contributed by atoms with E-state index in [1.54, 1.807) is 11.8 Å². The van der Waals surface area contributed by atoms with Gasteiger partial charge in [-0.2, -0.15) is 0 Å². The lowest BCUT2D eigenvalue weighted by atomic mass is 9.89. The van der Waals surface area contributed by atoms with E-state index in [1.165, 1.54) is 19.3 Å². The van der Waals surface area contributed by atoms with E-state index in [4.69, 9.17) is 9.72 Å². The van der Waals surface area contributed by atoms with Crippen LogP contribution < -0.4 is 5.32 Å². The summed E-state index contributed by atoms with van der Waals surface area (Å²) in [7, 11) is 0. The number of esters is 1. The number of hydrogen-bond acceptors (Lipinski definition) is 5. The maximum Gasteiger partial charge on any atom is 0.326 e. The first-order valence-corrected chi connectivity index (χ1v) is 12.1. The summed E-state index contributed by atoms with van der Waals surface area (Å²) in [5.41, 5.74) is 1.81. The molecule has 1 unspecified atom stereocenters. The van der Waals surface area contributed by atoms with Gasteiger partial charge >= 0.3 is 5.97 Å². The van der Waals surface area contributed by atoms with Gasteiger partial charge in [0.15, 0.2) is 5.16 Å². The zero-order valence-corrected chi connectivity index (χ0v) is 18.9. The standard InChI is InChI=1S/C23H33N3O3S/c1-3-17(2)29-21(27)16-26-20-13-8-7-12-19(20)25-23(26)30-15-9-14-24-22(28)18-10-5-4-6-11-18/h7-8,12-13,17-18H,3-6,9-11,14-16H2,1-2H3,(H,24,28). The van der Waals surface area contributed by atoms with Gasteiger partial charge in [-0.3, -0.25) is 9.59 Å². The van der Waals surface area contributed by atoms with Gasteiger partial charge in [0.2, 0.25) is 5.91 Å². The Hall–Kier alpha value is -2.02. The molecule has 1 saturated carbocycles. The van der Waals surface area contributed by atoms with Crippen LogP contribution in [0, 0.1) is 5.92 Å². The quantitative estimate of drug-likeness (QED) is 0.339. The number of carbonyl (C=O) groups excluding carboxylic acids is 2. The highest BCUT2D eigenvalue weighted by molar-refractivity contribution is 7.99. The molecule has 0 spiro atoms. The first kappa shape index (κ1) is 22.7. The highest BCUT2D eigenvalue weighted by Gasteiger charge is 2.20. The Morgan fingerprint density at radius 3 is 2.80 bits per heavy atom. The Kier molecular flexibility index (Phi) is 8.61. The second-order valence-corrected chi connectivity index (χ2v) is 9.07. The van der Waals surface area contributed by atoms with Gasteiger partial charge in [0.1, 0.15) is 6.54 Å². The molecule has 0 radical (unpaired) electrons. The number of thioether (sulfide) groups is 1. The number of hydrogen-bond donors (Lipinski definition) is 1. The van der Waals surface area contributed by atoms with E-state index >= 15 is 0 Å². The summed E-state index contributed by atoms with van der Waals surface area (Å²) >= 11 is 1.62. The highest BCUT2D eigenvalue weighted by Crippen LogP contribution is 2.25. The Morgan fingerprint density at radius 1 is 1.27 bits per heavy atom. The molecule has 1 amide bonds. The molecule has 0 bridgehead atoms. The largest absolute Gasteiger partial charge is 0.461 e. The number of nitrogens with one attached hydrogen (secondary N) is 1. The van der Waals surface area contributed by atoms with Crippen molar-refractivity contribution in [2.24, 2.45) is 5.92 Å². The Bertz CT molecular complexity index is 845. The van der Waals surface area contributed by atoms with Gasteiger partial charge in [-0.05, 0) is 44.7 Å². The van der Waals surface area contributed by atoms with Crippen molar-refractivity contribution in [3.05, 3.63) is 24.3 Å². The van der Waals surface area contributed by atoms with Crippen LogP contribution in [-0.2, 0) is 20.9 Å². The molecule has 1 aliphatic carbocycles. The molecule has 1 heterocycles. The summed E-state index contributed by atoms with van der Waals surface area (Å²) in [6.45, 7) is 4.74. The van der Waals surface area contributed by atoms with E-state index < -0.39 is 0 Å². The molecule has 1 atom stereocenters. The summed E-state index contributed by atoms with van der Waals surface area (Å²) in [6, 6.07) is 7.84. The lowest BCUT2D eigenvalue weighted by molar-refractivity contribution is -0.149. The van der Waals surface area contributed by atoms with Crippen LogP contribution in [0.1, 0.15) is 58.8 Å². The zero-order valence-electron chi connectivity index (χ0n) is 18.1. The van der Waals surface area contributed by atoms with Gasteiger partial charge in [-0.1, -0.05) is 50.1 Å². The zero-order chi connectivity index (χ0) is 21.3. The minimum Gasteiger partial charge on any atom is -0.461 e. The molecule has 6 nitrogen and oxygen atoms in total. The van der Waals surface area contributed by atoms with Gasteiger partial charge in [0.05, 0.1) is 17.1 Å². The molecular weight excluding hydrogens is 398 g/mol. The third kappa shape index (κ3) is 6.24. The van der Waals surface area contributed by atoms with Crippen molar-refractivity contribution in [2.75, 3.05) is 12.3 Å². The van der Waals surface area contributed by atoms with Gasteiger partial charge in [0, 0.05) is 18.2 Å². The summed E-state index contributed by atoms with van der Waals surface area (Å²) in [5.74, 6) is 0.996. The van der Waals surface area contributed by atoms with E-state index in [1.807, 2.05) is 42.7 Å². The molecule has 1 fully saturated rings. The predicted molar refractivity (Wildman–Crippen MR) is 121 cm³/mol. The Balaban J connectivity index is 1.53. The van der Waals surface area contributed by atoms with Gasteiger partial charge in [-0.15, -0.1) is 0 Å². The van der Waals surface area contributed by atoms with Crippen molar-refractivity contribution < 1.29 is 14.3 Å². The number of carbonyl (C=O) groups is 2. The molecule has 1 aliphatic rings. The van der Waals surface area contributed by atoms with Crippen LogP contribution in [0.25, 0.3) is 11.0 Å². The van der Waals surface area contributed by atoms with Crippen LogP contribution in [0.4, 0.5) is 0 Å². The van der Waals surface area contributed by atoms with E-state index in [2.05, 4.69) is 5.32 Å². The van der Waals surface area contributed by atoms with E-state index in [9.17, 15) is 9.59 Å². The third-order valence-electron chi connectivity index (χ3n) is 5.64. The predicted octanol–water partition coefficient (Wildman–Crippen LogP) is 4.56. The van der Waals surface area contributed by atoms with Crippen LogP contribution in [0.5, 0.6) is 0 Å². The number of nitrogens with zero attached hydrogens (tertiary/aromatic N) is 2. The average Bonchev–Trinajstić information content (AvgIpc) is 3.11. The molecule has 164 valence electrons. The van der Waals surface area contributed by atoms with E-state index in [0.29, 0.717) is 6.54 Å². The van der Waals surface area contributed by atoms with Crippen molar-refractivity contribution >= 4 is 34.7 Å². The summed E-state index contributed by atoms with van der Waals surface area (Å²) in [5, 5.41) is 3.90. The molecule has 2 aromatic rings. The number of ether oxygens (including phenoxy) is 1. The van der Waals surface area contributed by atoms with E-state index in [0.717, 1.165) is 47.6 Å². The molecule has 0 aliphatic heterocycles. The smallest absolute Gasteiger partial charge is 0.326 e. The Labute approximate surface area is 183 Å². The molecule has 1 aromatic heterocycles. The minimum absolute atomic E-state index is 0.0869. The van der Waals surface area contributed by atoms with Crippen molar-refractivity contribution in [1.82, 2.24) is 14.9 Å². The van der Waals surface area contributed by atoms with Crippen LogP contribution in [0.15, 0.2) is 29.4 Å². The molecule has 1 N–H and O–H groups in total. The highest BCUT2D eigenvalue weighted by atomic mass is 32.2. The number of fused-ring (bicyclic) bond motifs is 1. The second kappa shape index (κ2) is 11.4. The average molecular weight is 432 g/mol. The fourth-order valence-corrected chi connectivity index (χ4v) is 4.70. The lowest BCUT2D eigenvalue weighted by Gasteiger charge is -2.20. The van der Waals surface area contributed by atoms with Crippen LogP contribution >= 0.6 is 11.8 Å². The van der Waals surface area contributed by atoms with Crippen molar-refractivity contribution in [1.29, 1.82) is 0 Å². The first-order valence-electron chi connectivity index (χ1n) is 11.1. The molecular formula is C23H33N3O3S. The molecule has 30 heavy (non-hydrogen) atoms. The van der Waals surface area contributed by atoms with Gasteiger partial charge in [0.25, 0.3) is 0 Å². The fourth-order valence-electron chi connectivity index (χ4n) is 3.75. The summed E-state index contributed by atoms with van der Waals surface area (Å²) < 4.78 is 7.40. The molecule has 3 rings (SSSR count). The first-order chi connectivity index (χ1) is 14.6. The van der Waals surface area contributed by atoms with Crippen molar-refractivity contribution in [3.8, 4) is 0 Å². The van der Waals surface area contributed by atoms with Gasteiger partial charge < -0.3 is 14.6 Å². The molecule has 7 heteroatoms. The van der Waals surface area contributed by atoms with Gasteiger partial charge in [-0.25, -0.2) is 4.98 Å². The number of amides is 1. The second-order valence-electron chi connectivity index (χ2n) is 8.01. The number of para-hydroxylation sites is 2. The number of imidazole rings is 1. The summed E-state index contributed by atoms with van der Waals surface area (Å²) in [6.07, 6.45) is 7.22. The minimum atomic E-state index is -0.242. The maximum absolute atomic E-state index is 12.3. The maximum atomic E-state index is 12.3. The normalized spacial score (nSPS) is 15.8. The van der Waals surface area contributed by atoms with Crippen LogP contribution in [-0.4, -0.2) is 39.8 Å². The topological polar surface area (TPSA) is 73.2 Å². The number of aromatic nitrogens is 2. The van der Waals surface area contributed by atoms with Crippen molar-refractivity contribution in [3.63, 3.8) is 0 Å². The van der Waals surface area contributed by atoms with Crippen molar-refractivity contribution in [2.45, 2.75) is 76.6 Å². The monoisotopic (exact) mass is 431 g/mol. The summed E-state index contributed by atoms with van der Waals surface area (Å²) in [4.78, 5) is 29.3. The van der Waals surface area contributed by atoms with Crippen LogP contribution in [0.2, 0.25) is 0 Å². The lowest BCUT2D eigenvalue weighted by Crippen LogP contribution is -2.32. The SMILES string of the molecule is CCC(C)OC(=O)Cn1c(SCCCNC(=O)C2CCCCC2)nc2ccccc21. The number of rotatable bonds is 10. The van der Waals surface area contributed by atoms with Crippen LogP contribution in [0.3, 0.4) is 0 Å². The van der Waals surface area contributed by atoms with E-state index in [-0.39, 0.29) is 30.4 Å².